The minimum Gasteiger partial charge on any atom is -0.293 e. The number of thioether (sulfide) groups is 1. The van der Waals surface area contributed by atoms with Crippen molar-refractivity contribution >= 4 is 28.1 Å². The Morgan fingerprint density at radius 1 is 1.15 bits per heavy atom. The average Bonchev–Trinajstić information content (AvgIpc) is 3.44. The molecule has 0 unspecified atom stereocenters. The van der Waals surface area contributed by atoms with E-state index in [1.54, 1.807) is 23.1 Å². The fourth-order valence-corrected chi connectivity index (χ4v) is 5.28. The van der Waals surface area contributed by atoms with Gasteiger partial charge in [-0.05, 0) is 23.3 Å². The van der Waals surface area contributed by atoms with Gasteiger partial charge in [-0.3, -0.25) is 4.40 Å². The third-order valence-electron chi connectivity index (χ3n) is 4.88. The van der Waals surface area contributed by atoms with Crippen LogP contribution in [0.25, 0.3) is 16.2 Å². The quantitative estimate of drug-likeness (QED) is 0.477. The number of benzene rings is 1. The smallest absolute Gasteiger partial charge is 0.209 e. The van der Waals surface area contributed by atoms with Crippen LogP contribution >= 0.6 is 23.1 Å². The molecule has 8 heteroatoms. The third kappa shape index (κ3) is 2.83. The predicted molar refractivity (Wildman–Crippen MR) is 103 cm³/mol. The van der Waals surface area contributed by atoms with Gasteiger partial charge < -0.3 is 0 Å². The average molecular weight is 383 g/mol. The number of fused-ring (bicyclic) bond motifs is 1. The molecule has 3 aromatic heterocycles. The van der Waals surface area contributed by atoms with Crippen LogP contribution in [0.1, 0.15) is 37.4 Å². The van der Waals surface area contributed by atoms with Crippen molar-refractivity contribution in [3.05, 3.63) is 47.6 Å². The molecule has 26 heavy (non-hydrogen) atoms. The molecule has 0 amide bonds. The number of rotatable bonds is 5. The van der Waals surface area contributed by atoms with Gasteiger partial charge in [0.05, 0.1) is 17.4 Å². The van der Waals surface area contributed by atoms with Crippen molar-refractivity contribution in [1.82, 2.24) is 29.6 Å². The molecule has 3 heterocycles. The first-order valence-electron chi connectivity index (χ1n) is 8.80. The number of nitrogens with zero attached hydrogens (tertiary/aromatic N) is 6. The van der Waals surface area contributed by atoms with Crippen LogP contribution in [-0.2, 0) is 5.75 Å². The summed E-state index contributed by atoms with van der Waals surface area (Å²) in [5.74, 6) is 0.787. The van der Waals surface area contributed by atoms with Crippen LogP contribution in [0.4, 0.5) is 0 Å². The summed E-state index contributed by atoms with van der Waals surface area (Å²) in [6.07, 6.45) is 6.98. The lowest BCUT2D eigenvalue weighted by molar-refractivity contribution is 0.423. The molecule has 0 N–H and O–H groups in total. The monoisotopic (exact) mass is 382 g/mol. The van der Waals surface area contributed by atoms with E-state index in [0.717, 1.165) is 27.1 Å². The highest BCUT2D eigenvalue weighted by Gasteiger charge is 2.22. The number of thiazole rings is 1. The Balaban J connectivity index is 1.47. The summed E-state index contributed by atoms with van der Waals surface area (Å²) in [6.45, 7) is 0. The zero-order chi connectivity index (χ0) is 17.3. The lowest BCUT2D eigenvalue weighted by Crippen LogP contribution is -2.08. The lowest BCUT2D eigenvalue weighted by Gasteiger charge is -2.11. The van der Waals surface area contributed by atoms with E-state index in [-0.39, 0.29) is 0 Å². The van der Waals surface area contributed by atoms with Crippen molar-refractivity contribution in [2.24, 2.45) is 0 Å². The fourth-order valence-electron chi connectivity index (χ4n) is 3.59. The normalized spacial score (nSPS) is 15.2. The number of hydrogen-bond acceptors (Lipinski definition) is 6. The molecule has 1 fully saturated rings. The Morgan fingerprint density at radius 3 is 2.85 bits per heavy atom. The highest BCUT2D eigenvalue weighted by molar-refractivity contribution is 7.98. The Bertz CT molecular complexity index is 1010. The summed E-state index contributed by atoms with van der Waals surface area (Å²) >= 11 is 3.36. The van der Waals surface area contributed by atoms with Crippen molar-refractivity contribution in [2.75, 3.05) is 0 Å². The molecule has 0 atom stereocenters. The second kappa shape index (κ2) is 6.85. The number of hydrogen-bond donors (Lipinski definition) is 0. The highest BCUT2D eigenvalue weighted by atomic mass is 32.2. The molecule has 0 radical (unpaired) electrons. The second-order valence-corrected chi connectivity index (χ2v) is 8.28. The standard InChI is InChI=1S/C18H18N6S2/c1-2-6-13(7-3-1)16-15(23-10-11-25-17(23)19-16)12-26-18-20-21-22-24(18)14-8-4-5-9-14/h1-3,6-7,10-11,14H,4-5,8-9,12H2. The molecule has 4 aromatic rings. The van der Waals surface area contributed by atoms with Crippen LogP contribution in [-0.4, -0.2) is 29.6 Å². The van der Waals surface area contributed by atoms with Gasteiger partial charge >= 0.3 is 0 Å². The Labute approximate surface area is 159 Å². The van der Waals surface area contributed by atoms with Crippen molar-refractivity contribution in [1.29, 1.82) is 0 Å². The maximum absolute atomic E-state index is 4.85. The van der Waals surface area contributed by atoms with Crippen molar-refractivity contribution in [3.63, 3.8) is 0 Å². The summed E-state index contributed by atoms with van der Waals surface area (Å²) in [5.41, 5.74) is 3.39. The summed E-state index contributed by atoms with van der Waals surface area (Å²) in [6, 6.07) is 10.8. The van der Waals surface area contributed by atoms with Gasteiger partial charge in [0.15, 0.2) is 4.96 Å². The van der Waals surface area contributed by atoms with E-state index in [1.807, 2.05) is 10.7 Å². The van der Waals surface area contributed by atoms with Crippen molar-refractivity contribution < 1.29 is 0 Å². The lowest BCUT2D eigenvalue weighted by atomic mass is 10.1. The molecular formula is C18H18N6S2. The Kier molecular flexibility index (Phi) is 4.22. The summed E-state index contributed by atoms with van der Waals surface area (Å²) < 4.78 is 4.20. The molecule has 132 valence electrons. The van der Waals surface area contributed by atoms with E-state index in [0.29, 0.717) is 6.04 Å². The summed E-state index contributed by atoms with van der Waals surface area (Å²) in [5, 5.41) is 15.4. The Morgan fingerprint density at radius 2 is 2.00 bits per heavy atom. The molecule has 0 spiro atoms. The minimum absolute atomic E-state index is 0.452. The molecule has 1 aliphatic rings. The molecule has 1 aliphatic carbocycles. The van der Waals surface area contributed by atoms with E-state index in [4.69, 9.17) is 4.98 Å². The third-order valence-corrected chi connectivity index (χ3v) is 6.58. The van der Waals surface area contributed by atoms with E-state index in [9.17, 15) is 0 Å². The van der Waals surface area contributed by atoms with Crippen LogP contribution in [0.3, 0.4) is 0 Å². The summed E-state index contributed by atoms with van der Waals surface area (Å²) in [7, 11) is 0. The van der Waals surface area contributed by atoms with Gasteiger partial charge in [0.1, 0.15) is 0 Å². The maximum Gasteiger partial charge on any atom is 0.209 e. The Hall–Kier alpha value is -2.19. The van der Waals surface area contributed by atoms with Crippen LogP contribution in [0.15, 0.2) is 47.1 Å². The van der Waals surface area contributed by atoms with Crippen LogP contribution in [0, 0.1) is 0 Å². The number of imidazole rings is 1. The van der Waals surface area contributed by atoms with Gasteiger partial charge in [0.2, 0.25) is 5.16 Å². The number of tetrazole rings is 1. The maximum atomic E-state index is 4.85. The molecular weight excluding hydrogens is 364 g/mol. The van der Waals surface area contributed by atoms with Crippen molar-refractivity contribution in [2.45, 2.75) is 42.6 Å². The van der Waals surface area contributed by atoms with Crippen molar-refractivity contribution in [3.8, 4) is 11.3 Å². The molecule has 0 saturated heterocycles. The van der Waals surface area contributed by atoms with Gasteiger partial charge in [-0.1, -0.05) is 54.9 Å². The summed E-state index contributed by atoms with van der Waals surface area (Å²) in [4.78, 5) is 5.88. The van der Waals surface area contributed by atoms with Gasteiger partial charge in [0.25, 0.3) is 0 Å². The van der Waals surface area contributed by atoms with Gasteiger partial charge in [-0.2, -0.15) is 0 Å². The van der Waals surface area contributed by atoms with E-state index in [2.05, 4.69) is 55.8 Å². The topological polar surface area (TPSA) is 60.9 Å². The first-order valence-corrected chi connectivity index (χ1v) is 10.7. The molecule has 0 aliphatic heterocycles. The zero-order valence-electron chi connectivity index (χ0n) is 14.2. The van der Waals surface area contributed by atoms with Crippen LogP contribution < -0.4 is 0 Å². The van der Waals surface area contributed by atoms with E-state index in [1.165, 1.54) is 31.4 Å². The van der Waals surface area contributed by atoms with Gasteiger partial charge in [-0.25, -0.2) is 9.67 Å². The predicted octanol–water partition coefficient (Wildman–Crippen LogP) is 4.46. The molecule has 0 bridgehead atoms. The van der Waals surface area contributed by atoms with E-state index >= 15 is 0 Å². The molecule has 5 rings (SSSR count). The van der Waals surface area contributed by atoms with E-state index < -0.39 is 0 Å². The van der Waals surface area contributed by atoms with Gasteiger partial charge in [-0.15, -0.1) is 16.4 Å². The largest absolute Gasteiger partial charge is 0.293 e. The first-order chi connectivity index (χ1) is 12.9. The first kappa shape index (κ1) is 16.0. The van der Waals surface area contributed by atoms with Crippen LogP contribution in [0.5, 0.6) is 0 Å². The zero-order valence-corrected chi connectivity index (χ0v) is 15.8. The molecule has 1 aromatic carbocycles. The van der Waals surface area contributed by atoms with Gasteiger partial charge in [0, 0.05) is 22.9 Å². The molecule has 6 nitrogen and oxygen atoms in total. The highest BCUT2D eigenvalue weighted by Crippen LogP contribution is 2.34. The fraction of sp³-hybridized carbons (Fsp3) is 0.333. The minimum atomic E-state index is 0.452. The second-order valence-electron chi connectivity index (χ2n) is 6.46. The molecule has 1 saturated carbocycles. The number of aromatic nitrogens is 6. The SMILES string of the molecule is c1ccc(-c2nc3sccn3c2CSc2nnnn2C2CCCC2)cc1. The van der Waals surface area contributed by atoms with Crippen LogP contribution in [0.2, 0.25) is 0 Å².